The molecule has 0 unspecified atom stereocenters. The summed E-state index contributed by atoms with van der Waals surface area (Å²) in [6, 6.07) is 6.75. The highest BCUT2D eigenvalue weighted by molar-refractivity contribution is 6.30. The van der Waals surface area contributed by atoms with E-state index in [1.165, 1.54) is 42.1 Å². The Morgan fingerprint density at radius 3 is 2.75 bits per heavy atom. The smallest absolute Gasteiger partial charge is 0.342 e. The number of aryl methyl sites for hydroxylation is 1. The molecule has 1 aromatic carbocycles. The van der Waals surface area contributed by atoms with E-state index < -0.39 is 30.2 Å². The van der Waals surface area contributed by atoms with E-state index in [1.807, 2.05) is 0 Å². The molecule has 0 radical (unpaired) electrons. The van der Waals surface area contributed by atoms with Crippen molar-refractivity contribution >= 4 is 28.3 Å². The maximum absolute atomic E-state index is 14.0. The van der Waals surface area contributed by atoms with Crippen LogP contribution in [0.4, 0.5) is 10.2 Å². The maximum atomic E-state index is 14.0. The maximum Gasteiger partial charge on any atom is 0.342 e. The van der Waals surface area contributed by atoms with Gasteiger partial charge < -0.3 is 14.4 Å². The zero-order valence-corrected chi connectivity index (χ0v) is 20.0. The molecule has 0 bridgehead atoms. The number of nitrogens with zero attached hydrogens (tertiary/aromatic N) is 6. The van der Waals surface area contributed by atoms with Gasteiger partial charge in [-0.25, -0.2) is 13.8 Å². The lowest BCUT2D eigenvalue weighted by atomic mass is 10.2. The Hall–Kier alpha value is -3.83. The van der Waals surface area contributed by atoms with E-state index in [-0.39, 0.29) is 39.9 Å². The number of pyridine rings is 1. The Morgan fingerprint density at radius 2 is 2.03 bits per heavy atom. The van der Waals surface area contributed by atoms with Crippen molar-refractivity contribution < 1.29 is 18.0 Å². The number of anilines is 1. The van der Waals surface area contributed by atoms with Crippen LogP contribution in [0, 0.1) is 12.7 Å². The molecule has 1 aliphatic heterocycles. The van der Waals surface area contributed by atoms with Gasteiger partial charge in [-0.3, -0.25) is 9.36 Å². The molecule has 12 heteroatoms. The van der Waals surface area contributed by atoms with E-state index in [4.69, 9.17) is 25.2 Å². The second-order valence-corrected chi connectivity index (χ2v) is 8.71. The highest BCUT2D eigenvalue weighted by atomic mass is 35.5. The van der Waals surface area contributed by atoms with Crippen LogP contribution in [0.5, 0.6) is 5.88 Å². The van der Waals surface area contributed by atoms with E-state index in [0.717, 1.165) is 10.6 Å². The monoisotopic (exact) mass is 515 g/mol. The quantitative estimate of drug-likeness (QED) is 0.399. The first kappa shape index (κ1) is 20.4. The van der Waals surface area contributed by atoms with E-state index in [9.17, 15) is 14.0 Å². The Balaban J connectivity index is 1.79. The average molecular weight is 516 g/mol. The molecule has 1 atom stereocenters. The van der Waals surface area contributed by atoms with Gasteiger partial charge in [-0.05, 0) is 43.2 Å². The zero-order chi connectivity index (χ0) is 28.1. The summed E-state index contributed by atoms with van der Waals surface area (Å²) in [4.78, 5) is 33.9. The summed E-state index contributed by atoms with van der Waals surface area (Å²) < 4.78 is 48.9. The molecule has 0 saturated carbocycles. The SMILES string of the molecule is [2H]C([2H])([2H])O[C@@H]1CCN(c2cc3c(c(OC)n2)c(=O)n(-c2cc(C)cnn2)c(=O)n3-c2ccc(F)c(Cl)c2)C1. The van der Waals surface area contributed by atoms with E-state index in [1.54, 1.807) is 11.8 Å². The van der Waals surface area contributed by atoms with Crippen molar-refractivity contribution in [2.24, 2.45) is 0 Å². The molecule has 1 fully saturated rings. The lowest BCUT2D eigenvalue weighted by molar-refractivity contribution is 0.121. The van der Waals surface area contributed by atoms with Crippen LogP contribution in [0.2, 0.25) is 5.02 Å². The summed E-state index contributed by atoms with van der Waals surface area (Å²) in [5.74, 6) is -0.467. The van der Waals surface area contributed by atoms with Crippen molar-refractivity contribution in [3.8, 4) is 17.4 Å². The lowest BCUT2D eigenvalue weighted by Crippen LogP contribution is -2.39. The second kappa shape index (κ2) is 9.32. The summed E-state index contributed by atoms with van der Waals surface area (Å²) in [6.07, 6.45) is 1.32. The number of hydrogen-bond acceptors (Lipinski definition) is 8. The molecule has 1 aliphatic rings. The Kier molecular flexibility index (Phi) is 5.27. The summed E-state index contributed by atoms with van der Waals surface area (Å²) in [6.45, 7) is 2.35. The molecule has 4 heterocycles. The van der Waals surface area contributed by atoms with Crippen LogP contribution in [0.1, 0.15) is 16.1 Å². The van der Waals surface area contributed by atoms with E-state index in [2.05, 4.69) is 15.2 Å². The van der Waals surface area contributed by atoms with Crippen LogP contribution >= 0.6 is 11.6 Å². The minimum absolute atomic E-state index is 0.0239. The van der Waals surface area contributed by atoms with Crippen molar-refractivity contribution in [3.05, 3.63) is 73.8 Å². The molecule has 0 aliphatic carbocycles. The first-order valence-corrected chi connectivity index (χ1v) is 11.3. The number of rotatable bonds is 5. The van der Waals surface area contributed by atoms with Gasteiger partial charge in [0.25, 0.3) is 5.56 Å². The molecule has 3 aromatic heterocycles. The third-order valence-electron chi connectivity index (χ3n) is 5.99. The molecule has 4 aromatic rings. The van der Waals surface area contributed by atoms with Gasteiger partial charge >= 0.3 is 5.69 Å². The predicted octanol–water partition coefficient (Wildman–Crippen LogP) is 2.66. The molecule has 10 nitrogen and oxygen atoms in total. The molecule has 0 N–H and O–H groups in total. The standard InChI is InChI=1S/C24H22ClFN6O4/c1-13-8-20(29-27-11-13)32-23(33)21-18(31(24(32)34)14-4-5-17(26)16(25)9-14)10-19(28-22(21)36-3)30-7-6-15(12-30)35-2/h4-5,8-11,15H,6-7,12H2,1-3H3/t15-/m1/s1/i2D3. The predicted molar refractivity (Wildman–Crippen MR) is 132 cm³/mol. The van der Waals surface area contributed by atoms with Crippen LogP contribution in [0.25, 0.3) is 22.4 Å². The number of ether oxygens (including phenoxy) is 2. The Labute approximate surface area is 213 Å². The van der Waals surface area contributed by atoms with Crippen LogP contribution < -0.4 is 20.9 Å². The molecule has 36 heavy (non-hydrogen) atoms. The normalized spacial score (nSPS) is 17.2. The summed E-state index contributed by atoms with van der Waals surface area (Å²) in [7, 11) is -1.22. The molecule has 0 spiro atoms. The largest absolute Gasteiger partial charge is 0.480 e. The van der Waals surface area contributed by atoms with Crippen molar-refractivity contribution in [2.75, 3.05) is 32.1 Å². The Bertz CT molecular complexity index is 1710. The molecule has 5 rings (SSSR count). The number of methoxy groups -OCH3 is 2. The minimum Gasteiger partial charge on any atom is -0.480 e. The van der Waals surface area contributed by atoms with Crippen LogP contribution in [-0.4, -0.2) is 57.7 Å². The van der Waals surface area contributed by atoms with Crippen LogP contribution in [0.3, 0.4) is 0 Å². The van der Waals surface area contributed by atoms with E-state index in [0.29, 0.717) is 24.3 Å². The van der Waals surface area contributed by atoms with Gasteiger partial charge in [-0.2, -0.15) is 10.1 Å². The van der Waals surface area contributed by atoms with Crippen molar-refractivity contribution in [1.29, 1.82) is 0 Å². The number of fused-ring (bicyclic) bond motifs is 1. The third-order valence-corrected chi connectivity index (χ3v) is 6.28. The highest BCUT2D eigenvalue weighted by Gasteiger charge is 2.27. The number of hydrogen-bond donors (Lipinski definition) is 0. The van der Waals surface area contributed by atoms with Gasteiger partial charge in [0, 0.05) is 26.2 Å². The zero-order valence-electron chi connectivity index (χ0n) is 22.2. The van der Waals surface area contributed by atoms with Gasteiger partial charge in [-0.15, -0.1) is 5.10 Å². The first-order chi connectivity index (χ1) is 18.5. The van der Waals surface area contributed by atoms with Gasteiger partial charge in [0.1, 0.15) is 17.0 Å². The van der Waals surface area contributed by atoms with Crippen molar-refractivity contribution in [2.45, 2.75) is 19.4 Å². The molecular weight excluding hydrogens is 491 g/mol. The average Bonchev–Trinajstić information content (AvgIpc) is 3.32. The number of halogens is 2. The first-order valence-electron chi connectivity index (χ1n) is 12.4. The number of aromatic nitrogens is 5. The van der Waals surface area contributed by atoms with Crippen LogP contribution in [-0.2, 0) is 4.74 Å². The third kappa shape index (κ3) is 3.99. The van der Waals surface area contributed by atoms with Gasteiger partial charge in [0.15, 0.2) is 5.82 Å². The fourth-order valence-electron chi connectivity index (χ4n) is 4.25. The van der Waals surface area contributed by atoms with Gasteiger partial charge in [0.2, 0.25) is 5.88 Å². The summed E-state index contributed by atoms with van der Waals surface area (Å²) in [5, 5.41) is 7.55. The number of benzene rings is 1. The second-order valence-electron chi connectivity index (χ2n) is 8.31. The Morgan fingerprint density at radius 1 is 1.19 bits per heavy atom. The van der Waals surface area contributed by atoms with Gasteiger partial charge in [0.05, 0.1) is 39.7 Å². The topological polar surface area (TPSA) is 104 Å². The summed E-state index contributed by atoms with van der Waals surface area (Å²) in [5.41, 5.74) is -0.604. The van der Waals surface area contributed by atoms with E-state index >= 15 is 0 Å². The minimum atomic E-state index is -2.55. The van der Waals surface area contributed by atoms with Crippen molar-refractivity contribution in [1.82, 2.24) is 24.3 Å². The fraction of sp³-hybridized carbons (Fsp3) is 0.292. The molecule has 1 saturated heterocycles. The van der Waals surface area contributed by atoms with Crippen molar-refractivity contribution in [3.63, 3.8) is 0 Å². The molecule has 186 valence electrons. The fourth-order valence-corrected chi connectivity index (χ4v) is 4.43. The molecular formula is C24H22ClFN6O4. The highest BCUT2D eigenvalue weighted by Crippen LogP contribution is 2.30. The molecule has 0 amide bonds. The lowest BCUT2D eigenvalue weighted by Gasteiger charge is -2.21. The van der Waals surface area contributed by atoms with Gasteiger partial charge in [-0.1, -0.05) is 11.6 Å². The summed E-state index contributed by atoms with van der Waals surface area (Å²) >= 11 is 6.05. The van der Waals surface area contributed by atoms with Crippen LogP contribution in [0.15, 0.2) is 46.1 Å².